The number of halogens is 3. The zero-order valence-corrected chi connectivity index (χ0v) is 10.7. The van der Waals surface area contributed by atoms with Gasteiger partial charge >= 0.3 is 6.30 Å². The van der Waals surface area contributed by atoms with Crippen LogP contribution in [0, 0.1) is 0 Å². The average molecular weight is 279 g/mol. The zero-order valence-electron chi connectivity index (χ0n) is 10.7. The van der Waals surface area contributed by atoms with Gasteiger partial charge in [0.25, 0.3) is 5.91 Å². The van der Waals surface area contributed by atoms with Gasteiger partial charge in [-0.1, -0.05) is 42.5 Å². The maximum Gasteiger partial charge on any atom is 0.487 e. The van der Waals surface area contributed by atoms with E-state index in [1.807, 2.05) is 30.3 Å². The van der Waals surface area contributed by atoms with Crippen molar-refractivity contribution in [3.8, 4) is 11.1 Å². The molecule has 0 aliphatic heterocycles. The molecule has 0 fully saturated rings. The minimum atomic E-state index is -4.68. The minimum absolute atomic E-state index is 0.00572. The fourth-order valence-corrected chi connectivity index (χ4v) is 1.77. The lowest BCUT2D eigenvalue weighted by Crippen LogP contribution is -2.39. The van der Waals surface area contributed by atoms with Crippen molar-refractivity contribution in [2.75, 3.05) is 7.05 Å². The number of rotatable bonds is 2. The van der Waals surface area contributed by atoms with Gasteiger partial charge in [-0.25, -0.2) is 0 Å². The molecule has 5 heteroatoms. The third-order valence-corrected chi connectivity index (χ3v) is 2.90. The predicted molar refractivity (Wildman–Crippen MR) is 70.0 cm³/mol. The quantitative estimate of drug-likeness (QED) is 0.762. The van der Waals surface area contributed by atoms with Crippen LogP contribution in [0.25, 0.3) is 11.1 Å². The summed E-state index contributed by atoms with van der Waals surface area (Å²) in [5, 5.41) is 0. The number of carbonyl (C=O) groups is 1. The molecule has 0 saturated carbocycles. The molecule has 2 aromatic rings. The Morgan fingerprint density at radius 1 is 0.950 bits per heavy atom. The molecule has 0 saturated heterocycles. The molecule has 1 amide bonds. The third kappa shape index (κ3) is 2.99. The fraction of sp³-hybridized carbons (Fsp3) is 0.133. The highest BCUT2D eigenvalue weighted by Crippen LogP contribution is 2.24. The number of benzene rings is 2. The highest BCUT2D eigenvalue weighted by atomic mass is 19.4. The van der Waals surface area contributed by atoms with Crippen molar-refractivity contribution in [1.82, 2.24) is 4.90 Å². The Bertz CT molecular complexity index is 608. The van der Waals surface area contributed by atoms with Crippen LogP contribution in [0.2, 0.25) is 0 Å². The van der Waals surface area contributed by atoms with Crippen LogP contribution in [0.4, 0.5) is 13.2 Å². The molecule has 2 aromatic carbocycles. The van der Waals surface area contributed by atoms with E-state index in [4.69, 9.17) is 0 Å². The first kappa shape index (κ1) is 14.1. The first-order valence-corrected chi connectivity index (χ1v) is 5.90. The van der Waals surface area contributed by atoms with Crippen molar-refractivity contribution >= 4 is 5.91 Å². The molecule has 0 aliphatic carbocycles. The summed E-state index contributed by atoms with van der Waals surface area (Å²) >= 11 is 0. The lowest BCUT2D eigenvalue weighted by molar-refractivity contribution is -0.216. The van der Waals surface area contributed by atoms with Gasteiger partial charge in [0.05, 0.1) is 0 Å². The Morgan fingerprint density at radius 3 is 2.15 bits per heavy atom. The monoisotopic (exact) mass is 279 g/mol. The van der Waals surface area contributed by atoms with E-state index < -0.39 is 12.2 Å². The molecule has 0 unspecified atom stereocenters. The summed E-state index contributed by atoms with van der Waals surface area (Å²) in [4.78, 5) is 11.6. The van der Waals surface area contributed by atoms with E-state index in [1.165, 1.54) is 12.1 Å². The highest BCUT2D eigenvalue weighted by molar-refractivity contribution is 5.95. The third-order valence-electron chi connectivity index (χ3n) is 2.90. The fourth-order valence-electron chi connectivity index (χ4n) is 1.77. The van der Waals surface area contributed by atoms with Crippen LogP contribution in [0.3, 0.4) is 0 Å². The second kappa shape index (κ2) is 5.36. The van der Waals surface area contributed by atoms with Crippen LogP contribution in [-0.2, 0) is 0 Å². The van der Waals surface area contributed by atoms with Crippen molar-refractivity contribution < 1.29 is 18.0 Å². The van der Waals surface area contributed by atoms with Crippen LogP contribution in [0.5, 0.6) is 0 Å². The molecule has 0 radical (unpaired) electrons. The SMILES string of the molecule is CN(C(=O)c1cccc(-c2ccccc2)c1)C(F)(F)F. The van der Waals surface area contributed by atoms with E-state index in [9.17, 15) is 18.0 Å². The van der Waals surface area contributed by atoms with Gasteiger partial charge in [-0.05, 0) is 23.3 Å². The summed E-state index contributed by atoms with van der Waals surface area (Å²) in [6.45, 7) is 0. The molecule has 0 spiro atoms. The van der Waals surface area contributed by atoms with Crippen LogP contribution in [0.15, 0.2) is 54.6 Å². The minimum Gasteiger partial charge on any atom is -0.269 e. The summed E-state index contributed by atoms with van der Waals surface area (Å²) in [5.74, 6) is -1.07. The second-order valence-corrected chi connectivity index (χ2v) is 4.28. The smallest absolute Gasteiger partial charge is 0.269 e. The molecular formula is C15H12F3NO. The lowest BCUT2D eigenvalue weighted by atomic mass is 10.0. The van der Waals surface area contributed by atoms with Gasteiger partial charge in [0.1, 0.15) is 0 Å². The second-order valence-electron chi connectivity index (χ2n) is 4.28. The highest BCUT2D eigenvalue weighted by Gasteiger charge is 2.38. The lowest BCUT2D eigenvalue weighted by Gasteiger charge is -2.20. The molecular weight excluding hydrogens is 267 g/mol. The standard InChI is InChI=1S/C15H12F3NO/c1-19(15(16,17)18)14(20)13-9-5-8-12(10-13)11-6-3-2-4-7-11/h2-10H,1H3. The van der Waals surface area contributed by atoms with Gasteiger partial charge < -0.3 is 0 Å². The Balaban J connectivity index is 2.34. The van der Waals surface area contributed by atoms with Gasteiger partial charge in [0.15, 0.2) is 0 Å². The van der Waals surface area contributed by atoms with Crippen LogP contribution in [-0.4, -0.2) is 24.2 Å². The first-order valence-electron chi connectivity index (χ1n) is 5.90. The Labute approximate surface area is 114 Å². The van der Waals surface area contributed by atoms with E-state index >= 15 is 0 Å². The van der Waals surface area contributed by atoms with Gasteiger partial charge in [-0.2, -0.15) is 0 Å². The molecule has 0 bridgehead atoms. The maximum absolute atomic E-state index is 12.5. The summed E-state index contributed by atoms with van der Waals surface area (Å²) in [6.07, 6.45) is -4.68. The van der Waals surface area contributed by atoms with E-state index in [2.05, 4.69) is 0 Å². The van der Waals surface area contributed by atoms with Gasteiger partial charge in [-0.15, -0.1) is 13.2 Å². The topological polar surface area (TPSA) is 20.3 Å². The van der Waals surface area contributed by atoms with Crippen LogP contribution >= 0.6 is 0 Å². The van der Waals surface area contributed by atoms with Crippen molar-refractivity contribution in [1.29, 1.82) is 0 Å². The van der Waals surface area contributed by atoms with Gasteiger partial charge in [0.2, 0.25) is 0 Å². The van der Waals surface area contributed by atoms with Gasteiger partial charge in [-0.3, -0.25) is 9.69 Å². The maximum atomic E-state index is 12.5. The Morgan fingerprint density at radius 2 is 1.55 bits per heavy atom. The predicted octanol–water partition coefficient (Wildman–Crippen LogP) is 3.95. The van der Waals surface area contributed by atoms with E-state index in [0.29, 0.717) is 5.56 Å². The van der Waals surface area contributed by atoms with E-state index in [0.717, 1.165) is 12.6 Å². The number of alkyl halides is 3. The Hall–Kier alpha value is -2.30. The molecule has 2 nitrogen and oxygen atoms in total. The molecule has 104 valence electrons. The largest absolute Gasteiger partial charge is 0.487 e. The summed E-state index contributed by atoms with van der Waals surface area (Å²) in [5.41, 5.74) is 1.55. The summed E-state index contributed by atoms with van der Waals surface area (Å²) < 4.78 is 37.5. The zero-order chi connectivity index (χ0) is 14.8. The number of amides is 1. The molecule has 2 rings (SSSR count). The van der Waals surface area contributed by atoms with Crippen molar-refractivity contribution in [2.24, 2.45) is 0 Å². The normalized spacial score (nSPS) is 11.2. The molecule has 0 N–H and O–H groups in total. The van der Waals surface area contributed by atoms with Crippen LogP contribution in [0.1, 0.15) is 10.4 Å². The van der Waals surface area contributed by atoms with Crippen LogP contribution < -0.4 is 0 Å². The van der Waals surface area contributed by atoms with Gasteiger partial charge in [0, 0.05) is 12.6 Å². The van der Waals surface area contributed by atoms with E-state index in [-0.39, 0.29) is 10.5 Å². The number of hydrogen-bond donors (Lipinski definition) is 0. The van der Waals surface area contributed by atoms with E-state index in [1.54, 1.807) is 12.1 Å². The number of carbonyl (C=O) groups excluding carboxylic acids is 1. The first-order chi connectivity index (χ1) is 9.39. The molecule has 0 heterocycles. The Kier molecular flexibility index (Phi) is 3.79. The molecule has 0 atom stereocenters. The van der Waals surface area contributed by atoms with Crippen molar-refractivity contribution in [2.45, 2.75) is 6.30 Å². The molecule has 0 aliphatic rings. The summed E-state index contributed by atoms with van der Waals surface area (Å²) in [7, 11) is 0.720. The molecule has 20 heavy (non-hydrogen) atoms. The number of hydrogen-bond acceptors (Lipinski definition) is 1. The number of nitrogens with zero attached hydrogens (tertiary/aromatic N) is 1. The van der Waals surface area contributed by atoms with Crippen molar-refractivity contribution in [3.05, 3.63) is 60.2 Å². The summed E-state index contributed by atoms with van der Waals surface area (Å²) in [6, 6.07) is 15.3. The molecule has 0 aromatic heterocycles. The van der Waals surface area contributed by atoms with Crippen molar-refractivity contribution in [3.63, 3.8) is 0 Å². The average Bonchev–Trinajstić information content (AvgIpc) is 2.46.